The Morgan fingerprint density at radius 1 is 1.65 bits per heavy atom. The molecule has 4 N–H and O–H groups in total. The van der Waals surface area contributed by atoms with E-state index in [2.05, 4.69) is 27.9 Å². The van der Waals surface area contributed by atoms with E-state index in [9.17, 15) is 4.79 Å². The third-order valence-electron chi connectivity index (χ3n) is 2.77. The predicted molar refractivity (Wildman–Crippen MR) is 74.4 cm³/mol. The van der Waals surface area contributed by atoms with Crippen LogP contribution in [0.1, 0.15) is 20.3 Å². The second-order valence-electron chi connectivity index (χ2n) is 4.16. The number of nitrogens with two attached hydrogens (primary N) is 1. The number of likely N-dealkylation sites (N-methyl/N-ethyl adjacent to an activating group) is 1. The van der Waals surface area contributed by atoms with E-state index in [0.717, 1.165) is 6.42 Å². The van der Waals surface area contributed by atoms with Gasteiger partial charge < -0.3 is 10.5 Å². The molecular formula is C10H19IN4O2. The summed E-state index contributed by atoms with van der Waals surface area (Å²) in [4.78, 5) is 13.1. The number of carbonyl (C=O) groups excluding carboxylic acids is 1. The zero-order valence-corrected chi connectivity index (χ0v) is 12.4. The van der Waals surface area contributed by atoms with Gasteiger partial charge in [-0.1, -0.05) is 29.5 Å². The minimum atomic E-state index is -0.429. The van der Waals surface area contributed by atoms with E-state index in [0.29, 0.717) is 0 Å². The van der Waals surface area contributed by atoms with Crippen molar-refractivity contribution in [2.24, 2.45) is 5.73 Å². The summed E-state index contributed by atoms with van der Waals surface area (Å²) in [6.07, 6.45) is 0.518. The van der Waals surface area contributed by atoms with Crippen molar-refractivity contribution >= 4 is 34.5 Å². The molecule has 4 atom stereocenters. The number of halogens is 1. The molecule has 0 aromatic carbocycles. The normalized spacial score (nSPS) is 32.3. The summed E-state index contributed by atoms with van der Waals surface area (Å²) in [7, 11) is 1.63. The Balaban J connectivity index is 2.67. The quantitative estimate of drug-likeness (QED) is 0.298. The number of nitrogens with zero attached hydrogens (tertiary/aromatic N) is 1. The molecule has 17 heavy (non-hydrogen) atoms. The molecule has 2 unspecified atom stereocenters. The number of ether oxygens (including phenoxy) is 1. The van der Waals surface area contributed by atoms with Gasteiger partial charge in [0.1, 0.15) is 6.23 Å². The van der Waals surface area contributed by atoms with Crippen molar-refractivity contribution in [2.75, 3.05) is 7.05 Å². The first-order chi connectivity index (χ1) is 7.88. The largest absolute Gasteiger partial charge is 0.352 e. The molecule has 98 valence electrons. The van der Waals surface area contributed by atoms with E-state index >= 15 is 0 Å². The lowest BCUT2D eigenvalue weighted by atomic mass is 10.1. The van der Waals surface area contributed by atoms with Gasteiger partial charge in [0, 0.05) is 7.05 Å². The monoisotopic (exact) mass is 354 g/mol. The van der Waals surface area contributed by atoms with Crippen LogP contribution in [-0.2, 0) is 4.74 Å². The first-order valence-corrected chi connectivity index (χ1v) is 6.77. The number of nitrogens with one attached hydrogen (secondary N) is 2. The molecule has 6 nitrogen and oxygen atoms in total. The smallest absolute Gasteiger partial charge is 0.324 e. The van der Waals surface area contributed by atoms with E-state index < -0.39 is 6.23 Å². The topological polar surface area (TPSA) is 91.4 Å². The van der Waals surface area contributed by atoms with Gasteiger partial charge in [-0.2, -0.15) is 0 Å². The lowest BCUT2D eigenvalue weighted by Gasteiger charge is -2.27. The fraction of sp³-hybridized carbons (Fsp3) is 0.800. The van der Waals surface area contributed by atoms with Crippen molar-refractivity contribution in [3.05, 3.63) is 0 Å². The van der Waals surface area contributed by atoms with Crippen LogP contribution in [0.5, 0.6) is 0 Å². The second-order valence-corrected chi connectivity index (χ2v) is 5.60. The summed E-state index contributed by atoms with van der Waals surface area (Å²) < 4.78 is 5.96. The van der Waals surface area contributed by atoms with E-state index in [-0.39, 0.29) is 27.9 Å². The summed E-state index contributed by atoms with van der Waals surface area (Å²) in [5.74, 6) is 0.103. The van der Waals surface area contributed by atoms with E-state index in [1.807, 2.05) is 6.92 Å². The van der Waals surface area contributed by atoms with Gasteiger partial charge in [0.25, 0.3) is 0 Å². The minimum Gasteiger partial charge on any atom is -0.352 e. The Hall–Kier alpha value is -0.410. The van der Waals surface area contributed by atoms with Crippen molar-refractivity contribution in [3.63, 3.8) is 0 Å². The highest BCUT2D eigenvalue weighted by atomic mass is 127. The van der Waals surface area contributed by atoms with Crippen LogP contribution in [0.15, 0.2) is 0 Å². The van der Waals surface area contributed by atoms with Gasteiger partial charge in [0.2, 0.25) is 0 Å². The molecule has 1 saturated heterocycles. The maximum absolute atomic E-state index is 11.7. The molecule has 2 amide bonds. The number of alkyl halides is 1. The van der Waals surface area contributed by atoms with Gasteiger partial charge in [0.15, 0.2) is 0 Å². The molecule has 0 bridgehead atoms. The number of carbonyl (C=O) groups is 1. The van der Waals surface area contributed by atoms with Gasteiger partial charge in [-0.15, -0.1) is 0 Å². The van der Waals surface area contributed by atoms with Crippen LogP contribution in [0.25, 0.3) is 0 Å². The van der Waals surface area contributed by atoms with Crippen LogP contribution in [0.3, 0.4) is 0 Å². The number of rotatable bonds is 2. The van der Waals surface area contributed by atoms with Gasteiger partial charge >= 0.3 is 6.03 Å². The van der Waals surface area contributed by atoms with E-state index in [4.69, 9.17) is 15.9 Å². The average Bonchev–Trinajstić information content (AvgIpc) is 2.54. The zero-order valence-electron chi connectivity index (χ0n) is 10.2. The summed E-state index contributed by atoms with van der Waals surface area (Å²) >= 11 is 2.27. The molecule has 0 saturated carbocycles. The maximum Gasteiger partial charge on any atom is 0.324 e. The summed E-state index contributed by atoms with van der Waals surface area (Å²) in [5, 5.41) is 9.64. The fourth-order valence-corrected chi connectivity index (χ4v) is 2.82. The SMILES string of the molecule is CC[C@H]1O[C@@H](N(C)C(=O)NC(C)=N)C(N)C1I. The maximum atomic E-state index is 11.7. The lowest BCUT2D eigenvalue weighted by Crippen LogP contribution is -2.52. The zero-order chi connectivity index (χ0) is 13.2. The number of urea groups is 1. The number of amides is 2. The average molecular weight is 354 g/mol. The molecule has 7 heteroatoms. The van der Waals surface area contributed by atoms with Crippen LogP contribution < -0.4 is 11.1 Å². The van der Waals surface area contributed by atoms with Crippen LogP contribution in [-0.4, -0.2) is 46.1 Å². The lowest BCUT2D eigenvalue weighted by molar-refractivity contribution is -0.0284. The molecule has 0 spiro atoms. The Bertz CT molecular complexity index is 313. The summed E-state index contributed by atoms with van der Waals surface area (Å²) in [6, 6.07) is -0.569. The molecule has 1 fully saturated rings. The van der Waals surface area contributed by atoms with Crippen LogP contribution in [0.4, 0.5) is 4.79 Å². The van der Waals surface area contributed by atoms with E-state index in [1.54, 1.807) is 7.05 Å². The first kappa shape index (κ1) is 14.7. The van der Waals surface area contributed by atoms with Crippen LogP contribution in [0, 0.1) is 5.41 Å². The van der Waals surface area contributed by atoms with Crippen molar-refractivity contribution in [1.29, 1.82) is 5.41 Å². The van der Waals surface area contributed by atoms with Gasteiger partial charge in [0.05, 0.1) is 21.9 Å². The number of amidine groups is 1. The Morgan fingerprint density at radius 2 is 2.24 bits per heavy atom. The van der Waals surface area contributed by atoms with Crippen molar-refractivity contribution in [1.82, 2.24) is 10.2 Å². The molecule has 1 aliphatic rings. The standard InChI is InChI=1S/C10H19IN4O2/c1-4-6-7(11)8(13)9(17-6)15(3)10(16)14-5(2)12/h6-9H,4,13H2,1-3H3,(H2,12,14,16)/t6-,7?,8?,9-/m1/s1. The molecule has 0 aliphatic carbocycles. The second kappa shape index (κ2) is 5.96. The summed E-state index contributed by atoms with van der Waals surface area (Å²) in [5.41, 5.74) is 6.05. The highest BCUT2D eigenvalue weighted by Crippen LogP contribution is 2.29. The van der Waals surface area contributed by atoms with E-state index in [1.165, 1.54) is 11.8 Å². The molecule has 0 radical (unpaired) electrons. The molecule has 1 aliphatic heterocycles. The molecule has 1 rings (SSSR count). The van der Waals surface area contributed by atoms with Crippen molar-refractivity contribution < 1.29 is 9.53 Å². The van der Waals surface area contributed by atoms with Crippen LogP contribution in [0.2, 0.25) is 0 Å². The molecule has 1 heterocycles. The Morgan fingerprint density at radius 3 is 2.65 bits per heavy atom. The fourth-order valence-electron chi connectivity index (χ4n) is 1.79. The first-order valence-electron chi connectivity index (χ1n) is 5.52. The van der Waals surface area contributed by atoms with Gasteiger partial charge in [-0.3, -0.25) is 15.6 Å². The third kappa shape index (κ3) is 3.29. The van der Waals surface area contributed by atoms with Crippen LogP contribution >= 0.6 is 22.6 Å². The number of hydrogen-bond donors (Lipinski definition) is 3. The van der Waals surface area contributed by atoms with Crippen molar-refractivity contribution in [2.45, 2.75) is 42.6 Å². The molecule has 0 aromatic rings. The number of hydrogen-bond acceptors (Lipinski definition) is 4. The third-order valence-corrected chi connectivity index (χ3v) is 4.40. The Kier molecular flexibility index (Phi) is 5.14. The van der Waals surface area contributed by atoms with Gasteiger partial charge in [-0.25, -0.2) is 4.79 Å². The summed E-state index contributed by atoms with van der Waals surface area (Å²) in [6.45, 7) is 3.55. The Labute approximate surface area is 115 Å². The minimum absolute atomic E-state index is 0.0759. The molecular weight excluding hydrogens is 335 g/mol. The highest BCUT2D eigenvalue weighted by Gasteiger charge is 2.43. The highest BCUT2D eigenvalue weighted by molar-refractivity contribution is 14.1. The van der Waals surface area contributed by atoms with Crippen molar-refractivity contribution in [3.8, 4) is 0 Å². The van der Waals surface area contributed by atoms with Gasteiger partial charge in [-0.05, 0) is 13.3 Å². The molecule has 0 aromatic heterocycles. The predicted octanol–water partition coefficient (Wildman–Crippen LogP) is 0.891.